The Bertz CT molecular complexity index is 2050. The van der Waals surface area contributed by atoms with E-state index in [-0.39, 0.29) is 22.5 Å². The lowest BCUT2D eigenvalue weighted by Gasteiger charge is -1.90. The molecule has 1 aromatic carbocycles. The van der Waals surface area contributed by atoms with E-state index in [1.165, 1.54) is 18.8 Å². The summed E-state index contributed by atoms with van der Waals surface area (Å²) in [6, 6.07) is 20.8. The van der Waals surface area contributed by atoms with Gasteiger partial charge in [0.25, 0.3) is 0 Å². The van der Waals surface area contributed by atoms with Crippen molar-refractivity contribution in [3.8, 4) is 0 Å². The molecule has 0 radical (unpaired) electrons. The zero-order valence-corrected chi connectivity index (χ0v) is 22.6. The van der Waals surface area contributed by atoms with E-state index < -0.39 is 0 Å². The number of benzene rings is 1. The van der Waals surface area contributed by atoms with Crippen molar-refractivity contribution in [1.29, 1.82) is 0 Å². The molecule has 8 rings (SSSR count). The first-order valence-corrected chi connectivity index (χ1v) is 12.8. The van der Waals surface area contributed by atoms with Crippen molar-refractivity contribution in [1.82, 2.24) is 19.9 Å². The molecule has 0 fully saturated rings. The van der Waals surface area contributed by atoms with Crippen LogP contribution in [0.2, 0.25) is 0 Å². The van der Waals surface area contributed by atoms with Crippen molar-refractivity contribution in [2.45, 2.75) is 0 Å². The first kappa shape index (κ1) is 29.0. The van der Waals surface area contributed by atoms with Gasteiger partial charge in [-0.15, -0.1) is 0 Å². The topological polar surface area (TPSA) is 172 Å². The van der Waals surface area contributed by atoms with Gasteiger partial charge in [0.05, 0.1) is 46.0 Å². The molecule has 0 aliphatic heterocycles. The SMILES string of the molecule is O=c1occc2cccnc12.O=c1occc2cnccc12.O=c1occc2ncccc12.O=c1ocnc2ccccc12. The van der Waals surface area contributed by atoms with Crippen LogP contribution in [0.3, 0.4) is 0 Å². The fourth-order valence-electron chi connectivity index (χ4n) is 3.81. The van der Waals surface area contributed by atoms with Gasteiger partial charge in [0.1, 0.15) is 0 Å². The third-order valence-corrected chi connectivity index (χ3v) is 5.88. The van der Waals surface area contributed by atoms with Crippen LogP contribution in [-0.2, 0) is 0 Å². The summed E-state index contributed by atoms with van der Waals surface area (Å²) in [4.78, 5) is 59.5. The van der Waals surface area contributed by atoms with Gasteiger partial charge in [-0.2, -0.15) is 0 Å². The molecule has 0 saturated carbocycles. The monoisotopic (exact) mass is 588 g/mol. The largest absolute Gasteiger partial charge is 0.431 e. The van der Waals surface area contributed by atoms with Crippen molar-refractivity contribution in [2.24, 2.45) is 0 Å². The summed E-state index contributed by atoms with van der Waals surface area (Å²) >= 11 is 0. The number of aromatic nitrogens is 4. The number of hydrogen-bond acceptors (Lipinski definition) is 12. The van der Waals surface area contributed by atoms with Crippen LogP contribution in [0.4, 0.5) is 0 Å². The zero-order chi connectivity index (χ0) is 30.7. The average Bonchev–Trinajstić information content (AvgIpc) is 3.07. The van der Waals surface area contributed by atoms with Crippen molar-refractivity contribution in [3.63, 3.8) is 0 Å². The van der Waals surface area contributed by atoms with E-state index in [2.05, 4.69) is 37.6 Å². The van der Waals surface area contributed by atoms with Gasteiger partial charge < -0.3 is 17.7 Å². The average molecular weight is 589 g/mol. The molecule has 7 heterocycles. The van der Waals surface area contributed by atoms with Crippen LogP contribution in [-0.4, -0.2) is 19.9 Å². The molecule has 0 atom stereocenters. The molecule has 216 valence electrons. The van der Waals surface area contributed by atoms with Crippen LogP contribution in [0.25, 0.3) is 43.5 Å². The van der Waals surface area contributed by atoms with Crippen LogP contribution >= 0.6 is 0 Å². The Labute approximate surface area is 245 Å². The zero-order valence-electron chi connectivity index (χ0n) is 22.6. The van der Waals surface area contributed by atoms with Gasteiger partial charge >= 0.3 is 22.5 Å². The maximum absolute atomic E-state index is 11.0. The predicted octanol–water partition coefficient (Wildman–Crippen LogP) is 4.75. The molecule has 12 nitrogen and oxygen atoms in total. The molecule has 0 bridgehead atoms. The van der Waals surface area contributed by atoms with Crippen molar-refractivity contribution in [3.05, 3.63) is 164 Å². The number of fused-ring (bicyclic) bond motifs is 4. The summed E-state index contributed by atoms with van der Waals surface area (Å²) in [5.74, 6) is 0. The fourth-order valence-corrected chi connectivity index (χ4v) is 3.81. The van der Waals surface area contributed by atoms with E-state index in [0.29, 0.717) is 32.7 Å². The third-order valence-electron chi connectivity index (χ3n) is 5.88. The summed E-state index contributed by atoms with van der Waals surface area (Å²) in [6.07, 6.45) is 11.6. The number of nitrogens with zero attached hydrogens (tertiary/aromatic N) is 4. The van der Waals surface area contributed by atoms with Gasteiger partial charge in [0, 0.05) is 35.6 Å². The van der Waals surface area contributed by atoms with E-state index >= 15 is 0 Å². The molecule has 0 amide bonds. The van der Waals surface area contributed by atoms with Crippen LogP contribution in [0.15, 0.2) is 160 Å². The second-order valence-corrected chi connectivity index (χ2v) is 8.62. The third kappa shape index (κ3) is 7.01. The van der Waals surface area contributed by atoms with Gasteiger partial charge in [0.2, 0.25) is 0 Å². The molecule has 7 aromatic heterocycles. The molecule has 0 aliphatic carbocycles. The number of hydrogen-bond donors (Lipinski definition) is 0. The lowest BCUT2D eigenvalue weighted by molar-refractivity contribution is 0.501. The second kappa shape index (κ2) is 13.9. The van der Waals surface area contributed by atoms with Crippen LogP contribution in [0, 0.1) is 0 Å². The Morgan fingerprint density at radius 1 is 0.455 bits per heavy atom. The van der Waals surface area contributed by atoms with E-state index in [9.17, 15) is 19.2 Å². The first-order chi connectivity index (χ1) is 21.5. The maximum Gasteiger partial charge on any atom is 0.362 e. The van der Waals surface area contributed by atoms with Gasteiger partial charge in [-0.1, -0.05) is 18.2 Å². The van der Waals surface area contributed by atoms with Crippen LogP contribution in [0.5, 0.6) is 0 Å². The molecule has 0 N–H and O–H groups in total. The van der Waals surface area contributed by atoms with Gasteiger partial charge in [0.15, 0.2) is 11.9 Å². The minimum Gasteiger partial charge on any atom is -0.431 e. The molecule has 0 spiro atoms. The summed E-state index contributed by atoms with van der Waals surface area (Å²) < 4.78 is 18.5. The quantitative estimate of drug-likeness (QED) is 0.238. The molecule has 0 saturated heterocycles. The summed E-state index contributed by atoms with van der Waals surface area (Å²) in [7, 11) is 0. The molecular weight excluding hydrogens is 568 g/mol. The Hall–Kier alpha value is -6.56. The number of para-hydroxylation sites is 1. The summed E-state index contributed by atoms with van der Waals surface area (Å²) in [5, 5.41) is 3.24. The lowest BCUT2D eigenvalue weighted by Crippen LogP contribution is -1.99. The van der Waals surface area contributed by atoms with Crippen molar-refractivity contribution < 1.29 is 17.7 Å². The number of rotatable bonds is 0. The second-order valence-electron chi connectivity index (χ2n) is 8.62. The number of pyridine rings is 3. The Morgan fingerprint density at radius 3 is 1.84 bits per heavy atom. The van der Waals surface area contributed by atoms with Crippen molar-refractivity contribution in [2.75, 3.05) is 0 Å². The Balaban J connectivity index is 0.000000116. The van der Waals surface area contributed by atoms with E-state index in [0.717, 1.165) is 17.2 Å². The Morgan fingerprint density at radius 2 is 1.07 bits per heavy atom. The highest BCUT2D eigenvalue weighted by Crippen LogP contribution is 2.06. The van der Waals surface area contributed by atoms with E-state index in [1.54, 1.807) is 85.5 Å². The lowest BCUT2D eigenvalue weighted by atomic mass is 10.2. The van der Waals surface area contributed by atoms with Crippen LogP contribution in [0.1, 0.15) is 0 Å². The fraction of sp³-hybridized carbons (Fsp3) is 0. The van der Waals surface area contributed by atoms with Gasteiger partial charge in [-0.05, 0) is 54.6 Å². The predicted molar refractivity (Wildman–Crippen MR) is 161 cm³/mol. The minimum absolute atomic E-state index is 0.315. The standard InChI is InChI=1S/4C8H5NO2/c10-8-7-1-3-9-5-6(7)2-4-11-8;10-8-6-2-1-4-9-7(6)3-5-11-8;10-8-7-6(3-5-11-8)2-1-4-9-7;10-8-6-3-1-2-4-7(6)9-5-11-8/h4*1-5H. The molecule has 0 aliphatic rings. The highest BCUT2D eigenvalue weighted by Gasteiger charge is 1.99. The van der Waals surface area contributed by atoms with E-state index in [4.69, 9.17) is 0 Å². The molecule has 0 unspecified atom stereocenters. The van der Waals surface area contributed by atoms with Gasteiger partial charge in [-0.25, -0.2) is 29.1 Å². The molecular formula is C32H20N4O8. The minimum atomic E-state index is -0.386. The van der Waals surface area contributed by atoms with E-state index in [1.807, 2.05) is 12.1 Å². The summed E-state index contributed by atoms with van der Waals surface area (Å²) in [6.45, 7) is 0. The molecule has 44 heavy (non-hydrogen) atoms. The van der Waals surface area contributed by atoms with Crippen molar-refractivity contribution >= 4 is 43.5 Å². The highest BCUT2D eigenvalue weighted by atomic mass is 16.4. The smallest absolute Gasteiger partial charge is 0.362 e. The first-order valence-electron chi connectivity index (χ1n) is 12.8. The normalized spacial score (nSPS) is 10.2. The molecule has 8 aromatic rings. The maximum atomic E-state index is 11.0. The Kier molecular flexibility index (Phi) is 9.13. The van der Waals surface area contributed by atoms with Crippen LogP contribution < -0.4 is 22.5 Å². The summed E-state index contributed by atoms with van der Waals surface area (Å²) in [5.41, 5.74) is 0.349. The van der Waals surface area contributed by atoms with Gasteiger partial charge in [-0.3, -0.25) is 9.97 Å². The highest BCUT2D eigenvalue weighted by molar-refractivity contribution is 5.79. The molecule has 12 heteroatoms.